The summed E-state index contributed by atoms with van der Waals surface area (Å²) in [6.07, 6.45) is 1.59. The number of halogens is 1. The lowest BCUT2D eigenvalue weighted by Crippen LogP contribution is -2.10. The number of hydrogen-bond acceptors (Lipinski definition) is 3. The maximum Gasteiger partial charge on any atom is 0.214 e. The molecule has 0 atom stereocenters. The summed E-state index contributed by atoms with van der Waals surface area (Å²) >= 11 is 3.29. The summed E-state index contributed by atoms with van der Waals surface area (Å²) in [6, 6.07) is 6.99. The zero-order valence-electron chi connectivity index (χ0n) is 8.64. The number of aryl methyl sites for hydroxylation is 1. The molecule has 2 rings (SSSR count). The lowest BCUT2D eigenvalue weighted by atomic mass is 10.1. The Bertz CT molecular complexity index is 528. The summed E-state index contributed by atoms with van der Waals surface area (Å²) in [6.45, 7) is 0. The number of nitrogens with two attached hydrogens (primary N) is 1. The molecule has 0 spiro atoms. The minimum atomic E-state index is -0.134. The summed E-state index contributed by atoms with van der Waals surface area (Å²) in [7, 11) is 1.72. The number of ketones is 1. The summed E-state index contributed by atoms with van der Waals surface area (Å²) in [4.78, 5) is 12.2. The maximum atomic E-state index is 12.2. The highest BCUT2D eigenvalue weighted by Crippen LogP contribution is 2.21. The first kappa shape index (κ1) is 10.9. The molecule has 0 unspecified atom stereocenters. The molecule has 0 radical (unpaired) electrons. The van der Waals surface area contributed by atoms with Crippen molar-refractivity contribution in [3.8, 4) is 0 Å². The molecular formula is C11H10BrN3O. The van der Waals surface area contributed by atoms with Gasteiger partial charge in [-0.1, -0.05) is 12.1 Å². The normalized spacial score (nSPS) is 10.4. The number of nitrogens with zero attached hydrogens (tertiary/aromatic N) is 2. The molecule has 0 aliphatic carbocycles. The SMILES string of the molecule is Cn1ncc(Br)c1C(=O)c1ccccc1N. The number of nitrogen functional groups attached to an aromatic ring is 1. The van der Waals surface area contributed by atoms with Crippen LogP contribution < -0.4 is 5.73 Å². The first-order valence-electron chi connectivity index (χ1n) is 4.68. The third-order valence-corrected chi connectivity index (χ3v) is 2.89. The number of anilines is 1. The molecule has 0 amide bonds. The molecule has 0 saturated heterocycles. The summed E-state index contributed by atoms with van der Waals surface area (Å²) in [5.41, 5.74) is 7.23. The van der Waals surface area contributed by atoms with E-state index in [1.54, 1.807) is 37.5 Å². The van der Waals surface area contributed by atoms with E-state index in [-0.39, 0.29) is 5.78 Å². The van der Waals surface area contributed by atoms with Crippen LogP contribution in [-0.4, -0.2) is 15.6 Å². The van der Waals surface area contributed by atoms with Crippen molar-refractivity contribution in [2.45, 2.75) is 0 Å². The monoisotopic (exact) mass is 279 g/mol. The first-order chi connectivity index (χ1) is 7.61. The van der Waals surface area contributed by atoms with E-state index in [2.05, 4.69) is 21.0 Å². The second-order valence-electron chi connectivity index (χ2n) is 3.38. The zero-order chi connectivity index (χ0) is 11.7. The second kappa shape index (κ2) is 4.09. The van der Waals surface area contributed by atoms with Gasteiger partial charge in [0.2, 0.25) is 5.78 Å². The van der Waals surface area contributed by atoms with Gasteiger partial charge in [-0.15, -0.1) is 0 Å². The van der Waals surface area contributed by atoms with Crippen LogP contribution in [0.4, 0.5) is 5.69 Å². The van der Waals surface area contributed by atoms with Crippen LogP contribution in [0.2, 0.25) is 0 Å². The van der Waals surface area contributed by atoms with Gasteiger partial charge in [-0.3, -0.25) is 9.48 Å². The Morgan fingerprint density at radius 3 is 2.69 bits per heavy atom. The van der Waals surface area contributed by atoms with E-state index in [9.17, 15) is 4.79 Å². The molecule has 1 heterocycles. The molecule has 4 nitrogen and oxygen atoms in total. The van der Waals surface area contributed by atoms with E-state index in [0.29, 0.717) is 21.4 Å². The van der Waals surface area contributed by atoms with E-state index in [1.165, 1.54) is 4.68 Å². The fourth-order valence-electron chi connectivity index (χ4n) is 1.50. The number of carbonyl (C=O) groups excluding carboxylic acids is 1. The number of carbonyl (C=O) groups is 1. The smallest absolute Gasteiger partial charge is 0.214 e. The Labute approximate surface area is 101 Å². The van der Waals surface area contributed by atoms with Crippen molar-refractivity contribution in [2.24, 2.45) is 7.05 Å². The fraction of sp³-hybridized carbons (Fsp3) is 0.0909. The topological polar surface area (TPSA) is 60.9 Å². The molecule has 1 aromatic carbocycles. The molecule has 5 heteroatoms. The highest BCUT2D eigenvalue weighted by atomic mass is 79.9. The molecule has 16 heavy (non-hydrogen) atoms. The number of hydrogen-bond donors (Lipinski definition) is 1. The fourth-order valence-corrected chi connectivity index (χ4v) is 2.03. The van der Waals surface area contributed by atoms with Crippen LogP contribution in [0, 0.1) is 0 Å². The van der Waals surface area contributed by atoms with Gasteiger partial charge in [0.25, 0.3) is 0 Å². The Morgan fingerprint density at radius 2 is 2.12 bits per heavy atom. The maximum absolute atomic E-state index is 12.2. The molecule has 82 valence electrons. The predicted molar refractivity (Wildman–Crippen MR) is 65.2 cm³/mol. The molecule has 0 bridgehead atoms. The average molecular weight is 280 g/mol. The van der Waals surface area contributed by atoms with Gasteiger partial charge >= 0.3 is 0 Å². The van der Waals surface area contributed by atoms with Crippen molar-refractivity contribution in [1.82, 2.24) is 9.78 Å². The van der Waals surface area contributed by atoms with Gasteiger partial charge in [0.15, 0.2) is 0 Å². The van der Waals surface area contributed by atoms with Crippen molar-refractivity contribution in [1.29, 1.82) is 0 Å². The standard InChI is InChI=1S/C11H10BrN3O/c1-15-10(8(12)6-14-15)11(16)7-4-2-3-5-9(7)13/h2-6H,13H2,1H3. The molecule has 0 aliphatic heterocycles. The van der Waals surface area contributed by atoms with E-state index < -0.39 is 0 Å². The minimum absolute atomic E-state index is 0.134. The Kier molecular flexibility index (Phi) is 2.78. The third-order valence-electron chi connectivity index (χ3n) is 2.31. The molecule has 2 aromatic rings. The van der Waals surface area contributed by atoms with E-state index in [4.69, 9.17) is 5.73 Å². The van der Waals surface area contributed by atoms with Crippen molar-refractivity contribution >= 4 is 27.4 Å². The van der Waals surface area contributed by atoms with E-state index in [1.807, 2.05) is 0 Å². The van der Waals surface area contributed by atoms with Crippen LogP contribution >= 0.6 is 15.9 Å². The van der Waals surface area contributed by atoms with Crippen molar-refractivity contribution in [3.63, 3.8) is 0 Å². The highest BCUT2D eigenvalue weighted by Gasteiger charge is 2.18. The van der Waals surface area contributed by atoms with Crippen LogP contribution in [0.5, 0.6) is 0 Å². The largest absolute Gasteiger partial charge is 0.398 e. The molecule has 1 aromatic heterocycles. The Morgan fingerprint density at radius 1 is 1.44 bits per heavy atom. The van der Waals surface area contributed by atoms with Crippen molar-refractivity contribution in [3.05, 3.63) is 46.2 Å². The summed E-state index contributed by atoms with van der Waals surface area (Å²) in [5, 5.41) is 4.00. The minimum Gasteiger partial charge on any atom is -0.398 e. The van der Waals surface area contributed by atoms with E-state index >= 15 is 0 Å². The average Bonchev–Trinajstić information content (AvgIpc) is 2.58. The number of aromatic nitrogens is 2. The molecule has 0 saturated carbocycles. The van der Waals surface area contributed by atoms with Crippen LogP contribution in [0.3, 0.4) is 0 Å². The molecule has 2 N–H and O–H groups in total. The quantitative estimate of drug-likeness (QED) is 0.676. The van der Waals surface area contributed by atoms with Crippen LogP contribution in [-0.2, 0) is 7.05 Å². The van der Waals surface area contributed by atoms with Gasteiger partial charge in [-0.2, -0.15) is 5.10 Å². The van der Waals surface area contributed by atoms with Gasteiger partial charge in [-0.05, 0) is 28.1 Å². The van der Waals surface area contributed by atoms with Crippen LogP contribution in [0.25, 0.3) is 0 Å². The predicted octanol–water partition coefficient (Wildman–Crippen LogP) is 2.00. The van der Waals surface area contributed by atoms with Gasteiger partial charge in [0.05, 0.1) is 10.7 Å². The Balaban J connectivity index is 2.52. The summed E-state index contributed by atoms with van der Waals surface area (Å²) < 4.78 is 2.20. The number of benzene rings is 1. The lowest BCUT2D eigenvalue weighted by Gasteiger charge is -2.05. The second-order valence-corrected chi connectivity index (χ2v) is 4.24. The molecular weight excluding hydrogens is 270 g/mol. The summed E-state index contributed by atoms with van der Waals surface area (Å²) in [5.74, 6) is -0.134. The highest BCUT2D eigenvalue weighted by molar-refractivity contribution is 9.10. The van der Waals surface area contributed by atoms with Crippen molar-refractivity contribution in [2.75, 3.05) is 5.73 Å². The third kappa shape index (κ3) is 1.74. The molecule has 0 aliphatic rings. The zero-order valence-corrected chi connectivity index (χ0v) is 10.2. The van der Waals surface area contributed by atoms with Crippen molar-refractivity contribution < 1.29 is 4.79 Å². The number of para-hydroxylation sites is 1. The number of rotatable bonds is 2. The van der Waals surface area contributed by atoms with Gasteiger partial charge in [0.1, 0.15) is 5.69 Å². The van der Waals surface area contributed by atoms with Gasteiger partial charge < -0.3 is 5.73 Å². The lowest BCUT2D eigenvalue weighted by molar-refractivity contribution is 0.103. The van der Waals surface area contributed by atoms with Crippen LogP contribution in [0.1, 0.15) is 16.1 Å². The van der Waals surface area contributed by atoms with Gasteiger partial charge in [-0.25, -0.2) is 0 Å². The first-order valence-corrected chi connectivity index (χ1v) is 5.47. The molecule has 0 fully saturated rings. The van der Waals surface area contributed by atoms with E-state index in [0.717, 1.165) is 0 Å². The Hall–Kier alpha value is -1.62. The van der Waals surface area contributed by atoms with Crippen LogP contribution in [0.15, 0.2) is 34.9 Å². The van der Waals surface area contributed by atoms with Gasteiger partial charge in [0, 0.05) is 18.3 Å².